The van der Waals surface area contributed by atoms with Crippen LogP contribution < -0.4 is 0 Å². The molecule has 0 radical (unpaired) electrons. The quantitative estimate of drug-likeness (QED) is 0.187. The summed E-state index contributed by atoms with van der Waals surface area (Å²) >= 11 is 0. The van der Waals surface area contributed by atoms with Gasteiger partial charge in [-0.1, -0.05) is 141 Å². The summed E-state index contributed by atoms with van der Waals surface area (Å²) in [6.45, 7) is 4.86. The van der Waals surface area contributed by atoms with Crippen LogP contribution in [-0.4, -0.2) is 9.55 Å². The van der Waals surface area contributed by atoms with Crippen molar-refractivity contribution in [1.29, 1.82) is 0 Å². The molecular weight excluding hydrogens is 605 g/mol. The second-order valence-corrected chi connectivity index (χ2v) is 14.5. The fraction of sp³-hybridized carbons (Fsp3) is 0.104. The van der Waals surface area contributed by atoms with Gasteiger partial charge in [-0.3, -0.25) is 4.98 Å². The van der Waals surface area contributed by atoms with Gasteiger partial charge in [0.25, 0.3) is 0 Å². The zero-order valence-electron chi connectivity index (χ0n) is 28.2. The third-order valence-electron chi connectivity index (χ3n) is 11.4. The molecule has 50 heavy (non-hydrogen) atoms. The number of pyridine rings is 1. The van der Waals surface area contributed by atoms with Crippen LogP contribution in [0.3, 0.4) is 0 Å². The number of benzene rings is 6. The Morgan fingerprint density at radius 1 is 0.600 bits per heavy atom. The van der Waals surface area contributed by atoms with Crippen LogP contribution >= 0.6 is 0 Å². The van der Waals surface area contributed by atoms with Crippen LogP contribution in [0.2, 0.25) is 0 Å². The van der Waals surface area contributed by atoms with E-state index < -0.39 is 0 Å². The Balaban J connectivity index is 0.982. The van der Waals surface area contributed by atoms with Crippen molar-refractivity contribution < 1.29 is 0 Å². The molecule has 0 amide bonds. The summed E-state index contributed by atoms with van der Waals surface area (Å²) in [6.07, 6.45) is 11.1. The predicted octanol–water partition coefficient (Wildman–Crippen LogP) is 12.3. The summed E-state index contributed by atoms with van der Waals surface area (Å²) in [5, 5.41) is 4.97. The van der Waals surface area contributed by atoms with E-state index in [1.165, 1.54) is 82.8 Å². The lowest BCUT2D eigenvalue weighted by Gasteiger charge is -2.31. The summed E-state index contributed by atoms with van der Waals surface area (Å²) in [6, 6.07) is 51.3. The molecule has 2 aliphatic carbocycles. The normalized spacial score (nSPS) is 17.6. The first-order chi connectivity index (χ1) is 24.5. The van der Waals surface area contributed by atoms with Crippen molar-refractivity contribution in [2.24, 2.45) is 5.92 Å². The number of aromatic nitrogens is 2. The average molecular weight is 641 g/mol. The van der Waals surface area contributed by atoms with Crippen LogP contribution in [0.4, 0.5) is 0 Å². The molecule has 2 aromatic heterocycles. The van der Waals surface area contributed by atoms with Crippen LogP contribution in [-0.2, 0) is 5.41 Å². The third kappa shape index (κ3) is 4.38. The van der Waals surface area contributed by atoms with E-state index in [2.05, 4.69) is 181 Å². The van der Waals surface area contributed by atoms with Gasteiger partial charge in [0, 0.05) is 40.2 Å². The van der Waals surface area contributed by atoms with Gasteiger partial charge in [0.05, 0.1) is 11.0 Å². The number of rotatable bonds is 4. The standard InChI is InChI=1S/C48H36N2/c1-48(2)44-28-35(31-17-19-33(20-18-31)38-14-8-9-32-25-26-49-30-43(32)38)21-23-39(44)40-24-22-36(29-45(40)48)34-10-7-11-37(27-34)50-46-15-5-3-12-41(46)42-13-4-6-16-47(42)50/h3-30,39,44H,1-2H3. The largest absolute Gasteiger partial charge is 0.309 e. The van der Waals surface area contributed by atoms with E-state index in [9.17, 15) is 0 Å². The monoisotopic (exact) mass is 640 g/mol. The van der Waals surface area contributed by atoms with Gasteiger partial charge >= 0.3 is 0 Å². The Morgan fingerprint density at radius 3 is 2.10 bits per heavy atom. The molecule has 2 atom stereocenters. The number of hydrogen-bond donors (Lipinski definition) is 0. The summed E-state index contributed by atoms with van der Waals surface area (Å²) in [5.41, 5.74) is 14.1. The molecule has 0 saturated heterocycles. The van der Waals surface area contributed by atoms with Crippen molar-refractivity contribution in [2.75, 3.05) is 0 Å². The number of allylic oxidation sites excluding steroid dienone is 4. The molecule has 0 saturated carbocycles. The molecule has 2 aliphatic rings. The van der Waals surface area contributed by atoms with Gasteiger partial charge in [-0.2, -0.15) is 0 Å². The van der Waals surface area contributed by atoms with Crippen molar-refractivity contribution in [1.82, 2.24) is 9.55 Å². The zero-order valence-corrected chi connectivity index (χ0v) is 28.2. The summed E-state index contributed by atoms with van der Waals surface area (Å²) < 4.78 is 2.41. The van der Waals surface area contributed by atoms with Gasteiger partial charge in [-0.05, 0) is 91.6 Å². The minimum atomic E-state index is -0.00758. The molecule has 0 bridgehead atoms. The maximum Gasteiger partial charge on any atom is 0.0541 e. The van der Waals surface area contributed by atoms with Gasteiger partial charge in [0.2, 0.25) is 0 Å². The SMILES string of the molecule is CC1(C)c2cc(-c3cccc(-n4c5ccccc5c5ccccc54)c3)ccc2C2C=CC(c3ccc(-c4cccc5ccncc45)cc3)=CC21. The molecule has 2 nitrogen and oxygen atoms in total. The Bertz CT molecular complexity index is 2630. The highest BCUT2D eigenvalue weighted by atomic mass is 15.0. The number of para-hydroxylation sites is 2. The molecule has 10 rings (SSSR count). The van der Waals surface area contributed by atoms with Crippen molar-refractivity contribution in [3.05, 3.63) is 187 Å². The van der Waals surface area contributed by atoms with Gasteiger partial charge < -0.3 is 4.57 Å². The first-order valence-electron chi connectivity index (χ1n) is 17.6. The maximum absolute atomic E-state index is 4.39. The Morgan fingerprint density at radius 2 is 1.30 bits per heavy atom. The number of fused-ring (bicyclic) bond motifs is 7. The molecule has 238 valence electrons. The van der Waals surface area contributed by atoms with E-state index in [-0.39, 0.29) is 5.41 Å². The number of nitrogens with zero attached hydrogens (tertiary/aromatic N) is 2. The Labute approximate surface area is 292 Å². The third-order valence-corrected chi connectivity index (χ3v) is 11.4. The van der Waals surface area contributed by atoms with Crippen LogP contribution in [0, 0.1) is 5.92 Å². The minimum Gasteiger partial charge on any atom is -0.309 e. The van der Waals surface area contributed by atoms with E-state index in [0.29, 0.717) is 11.8 Å². The smallest absolute Gasteiger partial charge is 0.0541 e. The lowest BCUT2D eigenvalue weighted by molar-refractivity contribution is 0.395. The predicted molar refractivity (Wildman–Crippen MR) is 210 cm³/mol. The molecule has 0 aliphatic heterocycles. The topological polar surface area (TPSA) is 17.8 Å². The molecule has 0 N–H and O–H groups in total. The molecule has 8 aromatic rings. The fourth-order valence-corrected chi connectivity index (χ4v) is 8.82. The van der Waals surface area contributed by atoms with Crippen LogP contribution in [0.5, 0.6) is 0 Å². The molecule has 0 spiro atoms. The lowest BCUT2D eigenvalue weighted by Crippen LogP contribution is -2.25. The van der Waals surface area contributed by atoms with Crippen molar-refractivity contribution in [3.63, 3.8) is 0 Å². The first kappa shape index (κ1) is 29.0. The van der Waals surface area contributed by atoms with E-state index in [4.69, 9.17) is 0 Å². The summed E-state index contributed by atoms with van der Waals surface area (Å²) in [4.78, 5) is 4.39. The van der Waals surface area contributed by atoms with Crippen molar-refractivity contribution in [2.45, 2.75) is 25.2 Å². The molecule has 2 unspecified atom stereocenters. The second-order valence-electron chi connectivity index (χ2n) is 14.5. The minimum absolute atomic E-state index is 0.00758. The van der Waals surface area contributed by atoms with E-state index in [1.807, 2.05) is 12.4 Å². The zero-order chi connectivity index (χ0) is 33.4. The Kier molecular flexibility index (Phi) is 6.38. The first-order valence-corrected chi connectivity index (χ1v) is 17.6. The number of hydrogen-bond acceptors (Lipinski definition) is 1. The van der Waals surface area contributed by atoms with E-state index in [0.717, 1.165) is 0 Å². The Hall–Kier alpha value is -5.99. The van der Waals surface area contributed by atoms with Gasteiger partial charge in [-0.15, -0.1) is 0 Å². The van der Waals surface area contributed by atoms with Crippen LogP contribution in [0.15, 0.2) is 170 Å². The highest BCUT2D eigenvalue weighted by molar-refractivity contribution is 6.09. The highest BCUT2D eigenvalue weighted by Crippen LogP contribution is 2.55. The molecule has 2 heterocycles. The van der Waals surface area contributed by atoms with Crippen LogP contribution in [0.1, 0.15) is 36.5 Å². The highest BCUT2D eigenvalue weighted by Gasteiger charge is 2.45. The van der Waals surface area contributed by atoms with E-state index in [1.54, 1.807) is 0 Å². The molecule has 0 fully saturated rings. The summed E-state index contributed by atoms with van der Waals surface area (Å²) in [7, 11) is 0. The molecule has 2 heteroatoms. The molecular formula is C48H36N2. The van der Waals surface area contributed by atoms with E-state index >= 15 is 0 Å². The lowest BCUT2D eigenvalue weighted by atomic mass is 9.72. The average Bonchev–Trinajstić information content (AvgIpc) is 3.63. The molecule has 6 aromatic carbocycles. The van der Waals surface area contributed by atoms with Gasteiger partial charge in [0.1, 0.15) is 0 Å². The van der Waals surface area contributed by atoms with Gasteiger partial charge in [0.15, 0.2) is 0 Å². The van der Waals surface area contributed by atoms with Crippen LogP contribution in [0.25, 0.3) is 66.1 Å². The fourth-order valence-electron chi connectivity index (χ4n) is 8.82. The second kappa shape index (κ2) is 11.0. The van der Waals surface area contributed by atoms with Crippen molar-refractivity contribution >= 4 is 38.2 Å². The van der Waals surface area contributed by atoms with Crippen molar-refractivity contribution in [3.8, 4) is 27.9 Å². The summed E-state index contributed by atoms with van der Waals surface area (Å²) in [5.74, 6) is 0.768. The van der Waals surface area contributed by atoms with Gasteiger partial charge in [-0.25, -0.2) is 0 Å². The maximum atomic E-state index is 4.39.